The van der Waals surface area contributed by atoms with E-state index in [1.54, 1.807) is 12.4 Å². The zero-order chi connectivity index (χ0) is 25.3. The van der Waals surface area contributed by atoms with Crippen molar-refractivity contribution in [3.05, 3.63) is 48.3 Å². The minimum Gasteiger partial charge on any atom is -0.381 e. The fraction of sp³-hybridized carbons (Fsp3) is 0.607. The standard InChI is InChI=1S/C28H38N6O3/c1-32(19-22-7-14-37-20-22)28(23-5-3-2-4-6-23)10-8-27(9-11-28)21-34(26(35)31-27)24-17-29-25(30-18-24)33-12-15-36-16-13-33/h2-6,17-18,22H,7-16,19-21H2,1H3,(H,31,35). The van der Waals surface area contributed by atoms with Gasteiger partial charge < -0.3 is 19.7 Å². The number of rotatable bonds is 6. The number of carbonyl (C=O) groups is 1. The van der Waals surface area contributed by atoms with Crippen molar-refractivity contribution in [3.63, 3.8) is 0 Å². The van der Waals surface area contributed by atoms with Gasteiger partial charge in [0.1, 0.15) is 0 Å². The lowest BCUT2D eigenvalue weighted by Crippen LogP contribution is -2.55. The van der Waals surface area contributed by atoms with Crippen molar-refractivity contribution >= 4 is 17.7 Å². The number of hydrogen-bond donors (Lipinski definition) is 1. The van der Waals surface area contributed by atoms with Crippen molar-refractivity contribution in [1.82, 2.24) is 20.2 Å². The first-order valence-electron chi connectivity index (χ1n) is 13.7. The number of benzene rings is 1. The lowest BCUT2D eigenvalue weighted by atomic mass is 9.68. The summed E-state index contributed by atoms with van der Waals surface area (Å²) in [6, 6.07) is 10.9. The van der Waals surface area contributed by atoms with Crippen LogP contribution in [0.1, 0.15) is 37.7 Å². The van der Waals surface area contributed by atoms with Crippen LogP contribution in [0.5, 0.6) is 0 Å². The summed E-state index contributed by atoms with van der Waals surface area (Å²) < 4.78 is 11.1. The Hall–Kier alpha value is -2.75. The fourth-order valence-corrected chi connectivity index (χ4v) is 6.65. The molecular formula is C28H38N6O3. The largest absolute Gasteiger partial charge is 0.381 e. The molecule has 1 aromatic carbocycles. The Kier molecular flexibility index (Phi) is 6.77. The van der Waals surface area contributed by atoms with Crippen LogP contribution in [0.2, 0.25) is 0 Å². The molecule has 1 unspecified atom stereocenters. The van der Waals surface area contributed by atoms with E-state index < -0.39 is 0 Å². The molecule has 4 aliphatic rings. The zero-order valence-corrected chi connectivity index (χ0v) is 21.8. The highest BCUT2D eigenvalue weighted by Crippen LogP contribution is 2.47. The van der Waals surface area contributed by atoms with Gasteiger partial charge in [0.2, 0.25) is 5.95 Å². The Labute approximate surface area is 219 Å². The number of nitrogens with zero attached hydrogens (tertiary/aromatic N) is 5. The van der Waals surface area contributed by atoms with E-state index in [4.69, 9.17) is 9.47 Å². The lowest BCUT2D eigenvalue weighted by Gasteiger charge is -2.50. The second-order valence-corrected chi connectivity index (χ2v) is 11.1. The number of hydrogen-bond acceptors (Lipinski definition) is 7. The van der Waals surface area contributed by atoms with Crippen LogP contribution >= 0.6 is 0 Å². The number of aromatic nitrogens is 2. The summed E-state index contributed by atoms with van der Waals surface area (Å²) in [6.07, 6.45) is 8.57. The summed E-state index contributed by atoms with van der Waals surface area (Å²) in [5.41, 5.74) is 1.87. The van der Waals surface area contributed by atoms with Gasteiger partial charge in [0.15, 0.2) is 0 Å². The number of amides is 2. The van der Waals surface area contributed by atoms with Gasteiger partial charge in [0.25, 0.3) is 0 Å². The monoisotopic (exact) mass is 506 g/mol. The highest BCUT2D eigenvalue weighted by atomic mass is 16.5. The van der Waals surface area contributed by atoms with E-state index >= 15 is 0 Å². The predicted molar refractivity (Wildman–Crippen MR) is 142 cm³/mol. The molecule has 4 heterocycles. The normalized spacial score (nSPS) is 30.3. The summed E-state index contributed by atoms with van der Waals surface area (Å²) in [5, 5.41) is 3.36. The number of urea groups is 1. The first kappa shape index (κ1) is 24.6. The summed E-state index contributed by atoms with van der Waals surface area (Å²) in [7, 11) is 2.27. The van der Waals surface area contributed by atoms with E-state index in [0.717, 1.165) is 70.6 Å². The van der Waals surface area contributed by atoms with E-state index in [0.29, 0.717) is 31.6 Å². The minimum absolute atomic E-state index is 0.0316. The molecule has 1 atom stereocenters. The Morgan fingerprint density at radius 1 is 1.03 bits per heavy atom. The molecule has 2 aromatic rings. The van der Waals surface area contributed by atoms with Gasteiger partial charge in [-0.25, -0.2) is 14.8 Å². The molecule has 198 valence electrons. The Bertz CT molecular complexity index is 1060. The van der Waals surface area contributed by atoms with Crippen LogP contribution in [0.15, 0.2) is 42.7 Å². The van der Waals surface area contributed by atoms with Crippen LogP contribution < -0.4 is 15.1 Å². The zero-order valence-electron chi connectivity index (χ0n) is 21.8. The summed E-state index contributed by atoms with van der Waals surface area (Å²) in [5.74, 6) is 1.28. The minimum atomic E-state index is -0.227. The fourth-order valence-electron chi connectivity index (χ4n) is 6.65. The number of ether oxygens (including phenoxy) is 2. The highest BCUT2D eigenvalue weighted by molar-refractivity contribution is 5.95. The van der Waals surface area contributed by atoms with Crippen LogP contribution in [-0.2, 0) is 15.0 Å². The first-order valence-corrected chi connectivity index (χ1v) is 13.7. The van der Waals surface area contributed by atoms with Gasteiger partial charge in [-0.05, 0) is 50.6 Å². The molecule has 9 nitrogen and oxygen atoms in total. The Morgan fingerprint density at radius 3 is 2.43 bits per heavy atom. The van der Waals surface area contributed by atoms with Gasteiger partial charge in [-0.1, -0.05) is 30.3 Å². The van der Waals surface area contributed by atoms with E-state index in [1.165, 1.54) is 5.56 Å². The molecule has 37 heavy (non-hydrogen) atoms. The van der Waals surface area contributed by atoms with Crippen molar-refractivity contribution in [2.45, 2.75) is 43.2 Å². The van der Waals surface area contributed by atoms with Gasteiger partial charge in [-0.15, -0.1) is 0 Å². The molecule has 2 amide bonds. The Morgan fingerprint density at radius 2 is 1.76 bits per heavy atom. The number of nitrogens with one attached hydrogen (secondary N) is 1. The van der Waals surface area contributed by atoms with Gasteiger partial charge in [0, 0.05) is 31.8 Å². The average Bonchev–Trinajstić information content (AvgIpc) is 3.58. The van der Waals surface area contributed by atoms with Crippen molar-refractivity contribution in [3.8, 4) is 0 Å². The molecule has 1 aromatic heterocycles. The molecular weight excluding hydrogens is 468 g/mol. The van der Waals surface area contributed by atoms with Crippen LogP contribution in [-0.4, -0.2) is 86.1 Å². The van der Waals surface area contributed by atoms with Gasteiger partial charge >= 0.3 is 6.03 Å². The van der Waals surface area contributed by atoms with E-state index in [9.17, 15) is 4.79 Å². The predicted octanol–water partition coefficient (Wildman–Crippen LogP) is 3.02. The molecule has 6 rings (SSSR count). The maximum absolute atomic E-state index is 13.1. The third kappa shape index (κ3) is 4.80. The van der Waals surface area contributed by atoms with Crippen LogP contribution in [0.4, 0.5) is 16.4 Å². The summed E-state index contributed by atoms with van der Waals surface area (Å²) in [6.45, 7) is 6.38. The third-order valence-corrected chi connectivity index (χ3v) is 8.94. The molecule has 0 radical (unpaired) electrons. The molecule has 1 saturated carbocycles. The van der Waals surface area contributed by atoms with E-state index in [2.05, 4.69) is 62.5 Å². The second-order valence-electron chi connectivity index (χ2n) is 11.1. The number of morpholine rings is 1. The summed E-state index contributed by atoms with van der Waals surface area (Å²) >= 11 is 0. The second kappa shape index (κ2) is 10.2. The van der Waals surface area contributed by atoms with Crippen molar-refractivity contribution < 1.29 is 14.3 Å². The van der Waals surface area contributed by atoms with E-state index in [1.807, 2.05) is 4.90 Å². The first-order chi connectivity index (χ1) is 18.1. The number of carbonyl (C=O) groups excluding carboxylic acids is 1. The van der Waals surface area contributed by atoms with Crippen molar-refractivity contribution in [2.24, 2.45) is 5.92 Å². The topological polar surface area (TPSA) is 83.1 Å². The lowest BCUT2D eigenvalue weighted by molar-refractivity contribution is 0.0323. The van der Waals surface area contributed by atoms with Crippen LogP contribution in [0.3, 0.4) is 0 Å². The van der Waals surface area contributed by atoms with Gasteiger partial charge in [-0.2, -0.15) is 0 Å². The molecule has 1 spiro atoms. The molecule has 3 aliphatic heterocycles. The quantitative estimate of drug-likeness (QED) is 0.645. The number of anilines is 2. The van der Waals surface area contributed by atoms with Gasteiger partial charge in [0.05, 0.1) is 50.0 Å². The van der Waals surface area contributed by atoms with Crippen molar-refractivity contribution in [1.29, 1.82) is 0 Å². The molecule has 1 aliphatic carbocycles. The highest BCUT2D eigenvalue weighted by Gasteiger charge is 2.51. The Balaban J connectivity index is 1.17. The average molecular weight is 507 g/mol. The smallest absolute Gasteiger partial charge is 0.322 e. The van der Waals surface area contributed by atoms with Crippen LogP contribution in [0, 0.1) is 5.92 Å². The van der Waals surface area contributed by atoms with Crippen LogP contribution in [0.25, 0.3) is 0 Å². The molecule has 9 heteroatoms. The molecule has 1 N–H and O–H groups in total. The van der Waals surface area contributed by atoms with E-state index in [-0.39, 0.29) is 17.1 Å². The molecule has 0 bridgehead atoms. The summed E-state index contributed by atoms with van der Waals surface area (Å²) in [4.78, 5) is 28.8. The van der Waals surface area contributed by atoms with Gasteiger partial charge in [-0.3, -0.25) is 9.80 Å². The SMILES string of the molecule is CN(CC1CCOC1)C1(c2ccccc2)CCC2(CC1)CN(c1cnc(N3CCOCC3)nc1)C(=O)N2. The molecule has 4 fully saturated rings. The maximum atomic E-state index is 13.1. The van der Waals surface area contributed by atoms with Crippen molar-refractivity contribution in [2.75, 3.05) is 69.5 Å². The maximum Gasteiger partial charge on any atom is 0.322 e. The third-order valence-electron chi connectivity index (χ3n) is 8.94. The molecule has 3 saturated heterocycles.